The van der Waals surface area contributed by atoms with Crippen LogP contribution < -0.4 is 5.32 Å². The average molecular weight is 348 g/mol. The van der Waals surface area contributed by atoms with Crippen LogP contribution in [0.5, 0.6) is 0 Å². The number of nitriles is 1. The van der Waals surface area contributed by atoms with Gasteiger partial charge in [-0.1, -0.05) is 6.07 Å². The standard InChI is InChI=1S/C17H15F3N4O/c18-17(19,20)14-10-24-9-12(4-5-15(24)23-14)8-22-16(25)13-3-1-2-11(6-13)7-21/h1-3,6,10,12H,4-5,8-9H2,(H,22,25)/t12-/m0/s1. The third-order valence-electron chi connectivity index (χ3n) is 4.19. The lowest BCUT2D eigenvalue weighted by Crippen LogP contribution is -2.33. The number of fused-ring (bicyclic) bond motifs is 1. The number of hydrogen-bond donors (Lipinski definition) is 1. The summed E-state index contributed by atoms with van der Waals surface area (Å²) < 4.78 is 39.7. The largest absolute Gasteiger partial charge is 0.434 e. The Kier molecular flexibility index (Phi) is 4.49. The van der Waals surface area contributed by atoms with Gasteiger partial charge in [0.05, 0.1) is 11.6 Å². The molecule has 2 aromatic rings. The number of carbonyl (C=O) groups is 1. The van der Waals surface area contributed by atoms with Crippen molar-refractivity contribution >= 4 is 5.91 Å². The highest BCUT2D eigenvalue weighted by atomic mass is 19.4. The first-order valence-corrected chi connectivity index (χ1v) is 7.78. The van der Waals surface area contributed by atoms with Gasteiger partial charge in [0, 0.05) is 31.3 Å². The third kappa shape index (κ3) is 3.82. The van der Waals surface area contributed by atoms with E-state index in [9.17, 15) is 18.0 Å². The molecule has 1 aliphatic rings. The van der Waals surface area contributed by atoms with Gasteiger partial charge in [0.1, 0.15) is 5.82 Å². The highest BCUT2D eigenvalue weighted by Crippen LogP contribution is 2.30. The van der Waals surface area contributed by atoms with E-state index >= 15 is 0 Å². The van der Waals surface area contributed by atoms with Crippen LogP contribution in [0.15, 0.2) is 30.5 Å². The molecule has 0 unspecified atom stereocenters. The Morgan fingerprint density at radius 3 is 2.96 bits per heavy atom. The minimum absolute atomic E-state index is 0.0332. The van der Waals surface area contributed by atoms with Crippen LogP contribution >= 0.6 is 0 Å². The van der Waals surface area contributed by atoms with Gasteiger partial charge in [0.15, 0.2) is 5.69 Å². The minimum Gasteiger partial charge on any atom is -0.352 e. The highest BCUT2D eigenvalue weighted by Gasteiger charge is 2.35. The van der Waals surface area contributed by atoms with Crippen molar-refractivity contribution in [2.24, 2.45) is 5.92 Å². The molecule has 8 heteroatoms. The number of rotatable bonds is 3. The lowest BCUT2D eigenvalue weighted by Gasteiger charge is -2.23. The lowest BCUT2D eigenvalue weighted by atomic mass is 9.99. The topological polar surface area (TPSA) is 70.7 Å². The maximum absolute atomic E-state index is 12.7. The molecule has 1 N–H and O–H groups in total. The van der Waals surface area contributed by atoms with Gasteiger partial charge in [0.25, 0.3) is 5.91 Å². The van der Waals surface area contributed by atoms with E-state index in [0.717, 1.165) is 6.20 Å². The van der Waals surface area contributed by atoms with Crippen LogP contribution in [0.25, 0.3) is 0 Å². The second-order valence-corrected chi connectivity index (χ2v) is 6.00. The Labute approximate surface area is 142 Å². The van der Waals surface area contributed by atoms with E-state index in [-0.39, 0.29) is 11.8 Å². The van der Waals surface area contributed by atoms with Crippen molar-refractivity contribution in [3.8, 4) is 6.07 Å². The Hall–Kier alpha value is -2.82. The number of hydrogen-bond acceptors (Lipinski definition) is 3. The van der Waals surface area contributed by atoms with Gasteiger partial charge in [-0.3, -0.25) is 4.79 Å². The van der Waals surface area contributed by atoms with Crippen LogP contribution in [-0.4, -0.2) is 22.0 Å². The average Bonchev–Trinajstić information content (AvgIpc) is 3.03. The van der Waals surface area contributed by atoms with Crippen LogP contribution in [0.1, 0.15) is 33.9 Å². The molecule has 0 fully saturated rings. The lowest BCUT2D eigenvalue weighted by molar-refractivity contribution is -0.141. The maximum Gasteiger partial charge on any atom is 0.434 e. The Bertz CT molecular complexity index is 835. The first-order valence-electron chi connectivity index (χ1n) is 7.78. The summed E-state index contributed by atoms with van der Waals surface area (Å²) in [6.45, 7) is 0.742. The Morgan fingerprint density at radius 2 is 2.24 bits per heavy atom. The van der Waals surface area contributed by atoms with Crippen molar-refractivity contribution in [1.29, 1.82) is 5.26 Å². The smallest absolute Gasteiger partial charge is 0.352 e. The number of imidazole rings is 1. The zero-order valence-electron chi connectivity index (χ0n) is 13.2. The summed E-state index contributed by atoms with van der Waals surface area (Å²) >= 11 is 0. The van der Waals surface area contributed by atoms with E-state index in [1.54, 1.807) is 18.2 Å². The predicted octanol–water partition coefficient (Wildman–Crippen LogP) is 2.77. The normalized spacial score (nSPS) is 16.8. The van der Waals surface area contributed by atoms with Gasteiger partial charge in [-0.25, -0.2) is 4.98 Å². The van der Waals surface area contributed by atoms with Crippen molar-refractivity contribution < 1.29 is 18.0 Å². The van der Waals surface area contributed by atoms with E-state index in [1.165, 1.54) is 10.6 Å². The van der Waals surface area contributed by atoms with Crippen LogP contribution in [-0.2, 0) is 19.1 Å². The SMILES string of the molecule is N#Cc1cccc(C(=O)NC[C@@H]2CCc3nc(C(F)(F)F)cn3C2)c1. The molecule has 0 bridgehead atoms. The zero-order chi connectivity index (χ0) is 18.0. The number of nitrogens with zero attached hydrogens (tertiary/aromatic N) is 3. The molecule has 0 saturated carbocycles. The van der Waals surface area contributed by atoms with Crippen molar-refractivity contribution in [2.75, 3.05) is 6.54 Å². The van der Waals surface area contributed by atoms with Crippen molar-refractivity contribution in [3.63, 3.8) is 0 Å². The maximum atomic E-state index is 12.7. The molecule has 1 aromatic carbocycles. The summed E-state index contributed by atoms with van der Waals surface area (Å²) in [7, 11) is 0. The molecule has 0 radical (unpaired) electrons. The number of aromatic nitrogens is 2. The number of benzene rings is 1. The molecule has 5 nitrogen and oxygen atoms in total. The fraction of sp³-hybridized carbons (Fsp3) is 0.353. The molecule has 0 spiro atoms. The van der Waals surface area contributed by atoms with Crippen molar-refractivity contribution in [2.45, 2.75) is 25.6 Å². The van der Waals surface area contributed by atoms with E-state index in [0.29, 0.717) is 42.9 Å². The van der Waals surface area contributed by atoms with Crippen LogP contribution in [0.4, 0.5) is 13.2 Å². The summed E-state index contributed by atoms with van der Waals surface area (Å²) in [6, 6.07) is 8.32. The summed E-state index contributed by atoms with van der Waals surface area (Å²) in [5.41, 5.74) is -0.0916. The van der Waals surface area contributed by atoms with Crippen molar-refractivity contribution in [1.82, 2.24) is 14.9 Å². The molecular weight excluding hydrogens is 333 g/mol. The summed E-state index contributed by atoms with van der Waals surface area (Å²) in [4.78, 5) is 15.8. The van der Waals surface area contributed by atoms with Crippen LogP contribution in [0.3, 0.4) is 0 Å². The molecule has 1 atom stereocenters. The second kappa shape index (κ2) is 6.59. The van der Waals surface area contributed by atoms with E-state index < -0.39 is 11.9 Å². The Morgan fingerprint density at radius 1 is 1.44 bits per heavy atom. The molecule has 1 aliphatic heterocycles. The number of aryl methyl sites for hydroxylation is 1. The first kappa shape index (κ1) is 17.0. The fourth-order valence-electron chi connectivity index (χ4n) is 2.89. The van der Waals surface area contributed by atoms with Gasteiger partial charge in [-0.2, -0.15) is 18.4 Å². The summed E-state index contributed by atoms with van der Waals surface area (Å²) in [5, 5.41) is 11.6. The number of carbonyl (C=O) groups excluding carboxylic acids is 1. The molecular formula is C17H15F3N4O. The number of halogens is 3. The molecule has 1 aromatic heterocycles. The van der Waals surface area contributed by atoms with Crippen molar-refractivity contribution in [3.05, 3.63) is 53.1 Å². The molecule has 1 amide bonds. The molecule has 2 heterocycles. The predicted molar refractivity (Wildman–Crippen MR) is 82.5 cm³/mol. The van der Waals surface area contributed by atoms with Gasteiger partial charge in [-0.15, -0.1) is 0 Å². The van der Waals surface area contributed by atoms with Crippen LogP contribution in [0, 0.1) is 17.2 Å². The van der Waals surface area contributed by atoms with E-state index in [1.807, 2.05) is 6.07 Å². The molecule has 130 valence electrons. The van der Waals surface area contributed by atoms with E-state index in [4.69, 9.17) is 5.26 Å². The number of nitrogens with one attached hydrogen (secondary N) is 1. The number of alkyl halides is 3. The van der Waals surface area contributed by atoms with Gasteiger partial charge in [-0.05, 0) is 30.5 Å². The molecule has 0 saturated heterocycles. The highest BCUT2D eigenvalue weighted by molar-refractivity contribution is 5.94. The summed E-state index contributed by atoms with van der Waals surface area (Å²) in [6.07, 6.45) is -2.31. The zero-order valence-corrected chi connectivity index (χ0v) is 13.2. The number of amides is 1. The quantitative estimate of drug-likeness (QED) is 0.927. The summed E-state index contributed by atoms with van der Waals surface area (Å²) in [5.74, 6) is 0.159. The Balaban J connectivity index is 1.61. The van der Waals surface area contributed by atoms with Gasteiger partial charge >= 0.3 is 6.18 Å². The van der Waals surface area contributed by atoms with Gasteiger partial charge in [0.2, 0.25) is 0 Å². The second-order valence-electron chi connectivity index (χ2n) is 6.00. The van der Waals surface area contributed by atoms with Crippen LogP contribution in [0.2, 0.25) is 0 Å². The molecule has 3 rings (SSSR count). The fourth-order valence-corrected chi connectivity index (χ4v) is 2.89. The first-order chi connectivity index (χ1) is 11.9. The molecule has 25 heavy (non-hydrogen) atoms. The third-order valence-corrected chi connectivity index (χ3v) is 4.19. The monoisotopic (exact) mass is 348 g/mol. The van der Waals surface area contributed by atoms with E-state index in [2.05, 4.69) is 10.3 Å². The van der Waals surface area contributed by atoms with Gasteiger partial charge < -0.3 is 9.88 Å². The molecule has 0 aliphatic carbocycles. The minimum atomic E-state index is -4.44.